The molecule has 1 atom stereocenters. The van der Waals surface area contributed by atoms with Crippen molar-refractivity contribution in [3.05, 3.63) is 29.6 Å². The maximum Gasteiger partial charge on any atom is 0.165 e. The first-order valence-electron chi connectivity index (χ1n) is 7.63. The van der Waals surface area contributed by atoms with E-state index in [1.165, 1.54) is 26.3 Å². The molecule has 0 spiro atoms. The van der Waals surface area contributed by atoms with Crippen LogP contribution in [0.3, 0.4) is 0 Å². The molecule has 0 aliphatic carbocycles. The molecule has 2 aliphatic heterocycles. The molecular weight excluding hydrogens is 269 g/mol. The summed E-state index contributed by atoms with van der Waals surface area (Å²) in [5.74, 6) is 0.0449. The molecule has 0 amide bonds. The summed E-state index contributed by atoms with van der Waals surface area (Å²) >= 11 is 0. The molecule has 3 rings (SSSR count). The maximum atomic E-state index is 13.5. The van der Waals surface area contributed by atoms with E-state index >= 15 is 0 Å². The Bertz CT molecular complexity index is 496. The van der Waals surface area contributed by atoms with Crippen molar-refractivity contribution in [2.45, 2.75) is 12.6 Å². The fraction of sp³-hybridized carbons (Fsp3) is 0.625. The van der Waals surface area contributed by atoms with E-state index in [0.717, 1.165) is 38.3 Å². The molecular formula is C16H24FN3O. The Kier molecular flexibility index (Phi) is 4.42. The first kappa shape index (κ1) is 14.8. The highest BCUT2D eigenvalue weighted by Gasteiger charge is 2.30. The molecule has 2 aliphatic rings. The van der Waals surface area contributed by atoms with Gasteiger partial charge in [0.1, 0.15) is 0 Å². The number of hydrogen-bond donors (Lipinski definition) is 0. The average Bonchev–Trinajstić information content (AvgIpc) is 2.49. The summed E-state index contributed by atoms with van der Waals surface area (Å²) in [6, 6.07) is 5.80. The van der Waals surface area contributed by atoms with Gasteiger partial charge in [0.15, 0.2) is 11.6 Å². The van der Waals surface area contributed by atoms with Gasteiger partial charge >= 0.3 is 0 Å². The first-order valence-corrected chi connectivity index (χ1v) is 7.63. The molecule has 1 unspecified atom stereocenters. The lowest BCUT2D eigenvalue weighted by Gasteiger charge is -2.46. The number of methoxy groups -OCH3 is 1. The molecule has 2 heterocycles. The number of halogens is 1. The van der Waals surface area contributed by atoms with Gasteiger partial charge in [0.2, 0.25) is 0 Å². The summed E-state index contributed by atoms with van der Waals surface area (Å²) < 4.78 is 18.5. The fourth-order valence-electron chi connectivity index (χ4n) is 3.38. The highest BCUT2D eigenvalue weighted by atomic mass is 19.1. The highest BCUT2D eigenvalue weighted by Crippen LogP contribution is 2.21. The summed E-state index contributed by atoms with van der Waals surface area (Å²) in [6.45, 7) is 7.67. The topological polar surface area (TPSA) is 19.0 Å². The molecule has 0 bridgehead atoms. The lowest BCUT2D eigenvalue weighted by atomic mass is 10.1. The average molecular weight is 293 g/mol. The van der Waals surface area contributed by atoms with Crippen LogP contribution in [0.4, 0.5) is 4.39 Å². The lowest BCUT2D eigenvalue weighted by molar-refractivity contribution is 0.0175. The van der Waals surface area contributed by atoms with Crippen molar-refractivity contribution in [1.29, 1.82) is 0 Å². The summed E-state index contributed by atoms with van der Waals surface area (Å²) in [4.78, 5) is 7.47. The number of fused-ring (bicyclic) bond motifs is 1. The van der Waals surface area contributed by atoms with Crippen LogP contribution in [0.1, 0.15) is 5.56 Å². The molecule has 4 nitrogen and oxygen atoms in total. The summed E-state index contributed by atoms with van der Waals surface area (Å²) in [5.41, 5.74) is 1.12. The number of piperazine rings is 2. The van der Waals surface area contributed by atoms with Gasteiger partial charge in [-0.05, 0) is 24.7 Å². The Morgan fingerprint density at radius 3 is 2.81 bits per heavy atom. The van der Waals surface area contributed by atoms with Gasteiger partial charge in [-0.15, -0.1) is 0 Å². The summed E-state index contributed by atoms with van der Waals surface area (Å²) in [5, 5.41) is 0. The largest absolute Gasteiger partial charge is 0.494 e. The predicted molar refractivity (Wildman–Crippen MR) is 81.1 cm³/mol. The smallest absolute Gasteiger partial charge is 0.165 e. The summed E-state index contributed by atoms with van der Waals surface area (Å²) in [7, 11) is 3.71. The quantitative estimate of drug-likeness (QED) is 0.835. The lowest BCUT2D eigenvalue weighted by Crippen LogP contribution is -2.61. The zero-order chi connectivity index (χ0) is 14.8. The molecule has 116 valence electrons. The minimum atomic E-state index is -0.292. The highest BCUT2D eigenvalue weighted by molar-refractivity contribution is 5.30. The Morgan fingerprint density at radius 1 is 1.19 bits per heavy atom. The Hall–Kier alpha value is -1.17. The third kappa shape index (κ3) is 3.36. The number of likely N-dealkylation sites (N-methyl/N-ethyl adjacent to an activating group) is 1. The minimum Gasteiger partial charge on any atom is -0.494 e. The SMILES string of the molecule is COc1cc(CN2CCN3CCN(C)CC3C2)ccc1F. The van der Waals surface area contributed by atoms with Gasteiger partial charge in [-0.25, -0.2) is 4.39 Å². The van der Waals surface area contributed by atoms with E-state index in [4.69, 9.17) is 4.74 Å². The molecule has 0 saturated carbocycles. The van der Waals surface area contributed by atoms with E-state index in [9.17, 15) is 4.39 Å². The van der Waals surface area contributed by atoms with Crippen LogP contribution in [0.5, 0.6) is 5.75 Å². The van der Waals surface area contributed by atoms with E-state index < -0.39 is 0 Å². The minimum absolute atomic E-state index is 0.292. The molecule has 21 heavy (non-hydrogen) atoms. The van der Waals surface area contributed by atoms with Gasteiger partial charge in [-0.1, -0.05) is 6.07 Å². The normalized spacial score (nSPS) is 24.8. The third-order valence-corrected chi connectivity index (χ3v) is 4.60. The third-order valence-electron chi connectivity index (χ3n) is 4.60. The van der Waals surface area contributed by atoms with Gasteiger partial charge in [-0.2, -0.15) is 0 Å². The second-order valence-corrected chi connectivity index (χ2v) is 6.16. The van der Waals surface area contributed by atoms with E-state index in [2.05, 4.69) is 21.7 Å². The van der Waals surface area contributed by atoms with Gasteiger partial charge < -0.3 is 9.64 Å². The first-order chi connectivity index (χ1) is 10.2. The predicted octanol–water partition coefficient (Wildman–Crippen LogP) is 1.27. The number of hydrogen-bond acceptors (Lipinski definition) is 4. The molecule has 5 heteroatoms. The van der Waals surface area contributed by atoms with Crippen LogP contribution in [-0.4, -0.2) is 74.2 Å². The molecule has 0 radical (unpaired) electrons. The molecule has 0 N–H and O–H groups in total. The van der Waals surface area contributed by atoms with Crippen molar-refractivity contribution in [2.75, 3.05) is 53.4 Å². The molecule has 1 aromatic carbocycles. The van der Waals surface area contributed by atoms with Gasteiger partial charge in [0.05, 0.1) is 7.11 Å². The number of ether oxygens (including phenoxy) is 1. The van der Waals surface area contributed by atoms with Crippen molar-refractivity contribution >= 4 is 0 Å². The van der Waals surface area contributed by atoms with E-state index in [0.29, 0.717) is 11.8 Å². The standard InChI is InChI=1S/C16H24FN3O/c1-18-5-7-20-8-6-19(12-14(20)11-18)10-13-3-4-15(17)16(9-13)21-2/h3-4,9,14H,5-8,10-12H2,1-2H3. The zero-order valence-corrected chi connectivity index (χ0v) is 12.9. The van der Waals surface area contributed by atoms with Crippen molar-refractivity contribution in [2.24, 2.45) is 0 Å². The zero-order valence-electron chi connectivity index (χ0n) is 12.9. The van der Waals surface area contributed by atoms with E-state index in [1.807, 2.05) is 12.1 Å². The van der Waals surface area contributed by atoms with Crippen molar-refractivity contribution in [3.63, 3.8) is 0 Å². The Labute approximate surface area is 126 Å². The van der Waals surface area contributed by atoms with E-state index in [-0.39, 0.29) is 5.82 Å². The Balaban J connectivity index is 1.63. The van der Waals surface area contributed by atoms with Crippen LogP contribution in [-0.2, 0) is 6.54 Å². The van der Waals surface area contributed by atoms with Crippen LogP contribution < -0.4 is 4.74 Å². The fourth-order valence-corrected chi connectivity index (χ4v) is 3.38. The second-order valence-electron chi connectivity index (χ2n) is 6.16. The van der Waals surface area contributed by atoms with Gasteiger partial charge in [-0.3, -0.25) is 9.80 Å². The molecule has 2 saturated heterocycles. The van der Waals surface area contributed by atoms with Crippen LogP contribution in [0, 0.1) is 5.82 Å². The van der Waals surface area contributed by atoms with Gasteiger partial charge in [0.25, 0.3) is 0 Å². The van der Waals surface area contributed by atoms with Crippen molar-refractivity contribution < 1.29 is 9.13 Å². The number of rotatable bonds is 3. The van der Waals surface area contributed by atoms with Crippen molar-refractivity contribution in [3.8, 4) is 5.75 Å². The Morgan fingerprint density at radius 2 is 2.00 bits per heavy atom. The number of benzene rings is 1. The van der Waals surface area contributed by atoms with Crippen molar-refractivity contribution in [1.82, 2.24) is 14.7 Å². The van der Waals surface area contributed by atoms with Crippen LogP contribution in [0.2, 0.25) is 0 Å². The monoisotopic (exact) mass is 293 g/mol. The summed E-state index contributed by atoms with van der Waals surface area (Å²) in [6.07, 6.45) is 0. The molecule has 0 aromatic heterocycles. The molecule has 2 fully saturated rings. The second kappa shape index (κ2) is 6.30. The van der Waals surface area contributed by atoms with Gasteiger partial charge in [0, 0.05) is 51.9 Å². The molecule has 1 aromatic rings. The number of nitrogens with zero attached hydrogens (tertiary/aromatic N) is 3. The van der Waals surface area contributed by atoms with Crippen LogP contribution in [0.25, 0.3) is 0 Å². The maximum absolute atomic E-state index is 13.5. The van der Waals surface area contributed by atoms with E-state index in [1.54, 1.807) is 0 Å². The van der Waals surface area contributed by atoms with Crippen LogP contribution >= 0.6 is 0 Å². The van der Waals surface area contributed by atoms with Crippen LogP contribution in [0.15, 0.2) is 18.2 Å².